The molecule has 0 saturated carbocycles. The van der Waals surface area contributed by atoms with Crippen LogP contribution in [0, 0.1) is 5.92 Å². The Kier molecular flexibility index (Phi) is 1.08. The highest BCUT2D eigenvalue weighted by atomic mass is 16.6. The lowest BCUT2D eigenvalue weighted by atomic mass is 10.0. The summed E-state index contributed by atoms with van der Waals surface area (Å²) >= 11 is 0. The van der Waals surface area contributed by atoms with E-state index >= 15 is 0 Å². The second-order valence-electron chi connectivity index (χ2n) is 2.67. The van der Waals surface area contributed by atoms with E-state index in [2.05, 4.69) is 0 Å². The summed E-state index contributed by atoms with van der Waals surface area (Å²) in [5, 5.41) is 9.15. The van der Waals surface area contributed by atoms with Crippen LogP contribution in [-0.4, -0.2) is 23.3 Å². The monoisotopic (exact) mass is 140 g/mol. The first-order valence-electron chi connectivity index (χ1n) is 3.34. The van der Waals surface area contributed by atoms with Crippen molar-refractivity contribution in [3.05, 3.63) is 12.2 Å². The number of ether oxygens (including phenoxy) is 1. The van der Waals surface area contributed by atoms with Gasteiger partial charge >= 0.3 is 5.97 Å². The Hall–Kier alpha value is -0.830. The molecule has 2 rings (SSSR count). The van der Waals surface area contributed by atoms with E-state index in [0.29, 0.717) is 0 Å². The third kappa shape index (κ3) is 0.609. The Bertz CT molecular complexity index is 197. The van der Waals surface area contributed by atoms with Crippen LogP contribution in [0.2, 0.25) is 0 Å². The van der Waals surface area contributed by atoms with Gasteiger partial charge in [0.15, 0.2) is 6.10 Å². The minimum Gasteiger partial charge on any atom is -0.456 e. The van der Waals surface area contributed by atoms with E-state index in [0.717, 1.165) is 6.42 Å². The molecule has 1 saturated heterocycles. The Morgan fingerprint density at radius 2 is 2.50 bits per heavy atom. The molecule has 2 aliphatic rings. The molecule has 0 aromatic carbocycles. The summed E-state index contributed by atoms with van der Waals surface area (Å²) in [4.78, 5) is 10.7. The van der Waals surface area contributed by atoms with Gasteiger partial charge in [0.25, 0.3) is 0 Å². The zero-order chi connectivity index (χ0) is 7.14. The van der Waals surface area contributed by atoms with E-state index in [4.69, 9.17) is 9.84 Å². The highest BCUT2D eigenvalue weighted by Crippen LogP contribution is 2.31. The van der Waals surface area contributed by atoms with Gasteiger partial charge in [0.1, 0.15) is 6.10 Å². The van der Waals surface area contributed by atoms with Crippen LogP contribution in [0.3, 0.4) is 0 Å². The van der Waals surface area contributed by atoms with E-state index in [1.54, 1.807) is 0 Å². The number of rotatable bonds is 0. The average Bonchev–Trinajstić information content (AvgIpc) is 2.41. The molecule has 3 nitrogen and oxygen atoms in total. The van der Waals surface area contributed by atoms with Crippen LogP contribution in [0.25, 0.3) is 0 Å². The van der Waals surface area contributed by atoms with Crippen LogP contribution >= 0.6 is 0 Å². The normalized spacial score (nSPS) is 43.7. The molecule has 0 radical (unpaired) electrons. The molecule has 0 bridgehead atoms. The van der Waals surface area contributed by atoms with Crippen molar-refractivity contribution in [2.75, 3.05) is 0 Å². The van der Waals surface area contributed by atoms with Gasteiger partial charge in [-0.2, -0.15) is 0 Å². The van der Waals surface area contributed by atoms with Crippen LogP contribution in [0.1, 0.15) is 6.42 Å². The molecule has 1 aliphatic heterocycles. The highest BCUT2D eigenvalue weighted by Gasteiger charge is 2.43. The SMILES string of the molecule is O=C1O[C@H]2C=CC[C@H]2[C@H]1O. The number of fused-ring (bicyclic) bond motifs is 1. The predicted molar refractivity (Wildman–Crippen MR) is 33.1 cm³/mol. The minimum atomic E-state index is -0.889. The van der Waals surface area contributed by atoms with Crippen LogP contribution in [-0.2, 0) is 9.53 Å². The maximum absolute atomic E-state index is 10.7. The molecule has 1 fully saturated rings. The number of esters is 1. The molecular formula is C7H8O3. The number of carbonyl (C=O) groups is 1. The standard InChI is InChI=1S/C7H8O3/c8-6-4-2-1-3-5(4)10-7(6)9/h1,3-6,8H,2H2/t4-,5+,6-/m1/s1. The van der Waals surface area contributed by atoms with Gasteiger partial charge in [0, 0.05) is 5.92 Å². The number of aliphatic hydroxyl groups is 1. The molecule has 54 valence electrons. The second-order valence-corrected chi connectivity index (χ2v) is 2.67. The maximum atomic E-state index is 10.7. The Morgan fingerprint density at radius 1 is 1.70 bits per heavy atom. The summed E-state index contributed by atoms with van der Waals surface area (Å²) in [5.41, 5.74) is 0. The molecule has 1 aliphatic carbocycles. The van der Waals surface area contributed by atoms with Crippen molar-refractivity contribution in [3.8, 4) is 0 Å². The zero-order valence-corrected chi connectivity index (χ0v) is 5.36. The fourth-order valence-electron chi connectivity index (χ4n) is 1.46. The van der Waals surface area contributed by atoms with E-state index in [-0.39, 0.29) is 12.0 Å². The van der Waals surface area contributed by atoms with Crippen molar-refractivity contribution in [3.63, 3.8) is 0 Å². The number of aliphatic hydroxyl groups excluding tert-OH is 1. The highest BCUT2D eigenvalue weighted by molar-refractivity contribution is 5.77. The molecule has 1 heterocycles. The quantitative estimate of drug-likeness (QED) is 0.376. The summed E-state index contributed by atoms with van der Waals surface area (Å²) in [5.74, 6) is -0.480. The third-order valence-corrected chi connectivity index (χ3v) is 2.06. The van der Waals surface area contributed by atoms with Crippen molar-refractivity contribution in [2.24, 2.45) is 5.92 Å². The molecule has 0 spiro atoms. The van der Waals surface area contributed by atoms with Crippen LogP contribution < -0.4 is 0 Å². The lowest BCUT2D eigenvalue weighted by Crippen LogP contribution is -2.21. The Labute approximate surface area is 58.3 Å². The van der Waals surface area contributed by atoms with Gasteiger partial charge in [-0.1, -0.05) is 6.08 Å². The van der Waals surface area contributed by atoms with Crippen molar-refractivity contribution >= 4 is 5.97 Å². The van der Waals surface area contributed by atoms with Gasteiger partial charge in [-0.05, 0) is 12.5 Å². The van der Waals surface area contributed by atoms with E-state index in [1.807, 2.05) is 12.2 Å². The summed E-state index contributed by atoms with van der Waals surface area (Å²) in [6, 6.07) is 0. The number of allylic oxidation sites excluding steroid dienone is 1. The molecule has 10 heavy (non-hydrogen) atoms. The Morgan fingerprint density at radius 3 is 3.20 bits per heavy atom. The number of hydrogen-bond donors (Lipinski definition) is 1. The lowest BCUT2D eigenvalue weighted by Gasteiger charge is -2.05. The van der Waals surface area contributed by atoms with Crippen molar-refractivity contribution in [1.82, 2.24) is 0 Å². The van der Waals surface area contributed by atoms with E-state index < -0.39 is 12.1 Å². The molecule has 0 amide bonds. The van der Waals surface area contributed by atoms with Crippen LogP contribution in [0.5, 0.6) is 0 Å². The van der Waals surface area contributed by atoms with E-state index in [1.165, 1.54) is 0 Å². The van der Waals surface area contributed by atoms with Gasteiger partial charge in [0.05, 0.1) is 0 Å². The fraction of sp³-hybridized carbons (Fsp3) is 0.571. The van der Waals surface area contributed by atoms with Gasteiger partial charge in [0.2, 0.25) is 0 Å². The fourth-order valence-corrected chi connectivity index (χ4v) is 1.46. The molecule has 0 unspecified atom stereocenters. The topological polar surface area (TPSA) is 46.5 Å². The number of hydrogen-bond acceptors (Lipinski definition) is 3. The van der Waals surface area contributed by atoms with Gasteiger partial charge < -0.3 is 9.84 Å². The molecule has 0 aromatic heterocycles. The summed E-state index contributed by atoms with van der Waals surface area (Å²) in [6.45, 7) is 0. The largest absolute Gasteiger partial charge is 0.456 e. The first-order chi connectivity index (χ1) is 4.79. The van der Waals surface area contributed by atoms with Crippen molar-refractivity contribution < 1.29 is 14.6 Å². The molecular weight excluding hydrogens is 132 g/mol. The van der Waals surface area contributed by atoms with Crippen molar-refractivity contribution in [2.45, 2.75) is 18.6 Å². The van der Waals surface area contributed by atoms with E-state index in [9.17, 15) is 4.79 Å². The van der Waals surface area contributed by atoms with Crippen molar-refractivity contribution in [1.29, 1.82) is 0 Å². The predicted octanol–water partition coefficient (Wildman–Crippen LogP) is -0.151. The summed E-state index contributed by atoms with van der Waals surface area (Å²) in [7, 11) is 0. The first kappa shape index (κ1) is 5.92. The average molecular weight is 140 g/mol. The lowest BCUT2D eigenvalue weighted by molar-refractivity contribution is -0.146. The molecule has 1 N–H and O–H groups in total. The molecule has 0 aromatic rings. The molecule has 3 heteroatoms. The van der Waals surface area contributed by atoms with Gasteiger partial charge in [-0.3, -0.25) is 0 Å². The second kappa shape index (κ2) is 1.83. The minimum absolute atomic E-state index is 0.00694. The van der Waals surface area contributed by atoms with Gasteiger partial charge in [-0.25, -0.2) is 4.79 Å². The third-order valence-electron chi connectivity index (χ3n) is 2.06. The Balaban J connectivity index is 2.22. The summed E-state index contributed by atoms with van der Waals surface area (Å²) < 4.78 is 4.82. The summed E-state index contributed by atoms with van der Waals surface area (Å²) in [6.07, 6.45) is 3.49. The first-order valence-corrected chi connectivity index (χ1v) is 3.34. The van der Waals surface area contributed by atoms with Crippen LogP contribution in [0.15, 0.2) is 12.2 Å². The zero-order valence-electron chi connectivity index (χ0n) is 5.36. The smallest absolute Gasteiger partial charge is 0.336 e. The maximum Gasteiger partial charge on any atom is 0.336 e. The number of carbonyl (C=O) groups excluding carboxylic acids is 1. The van der Waals surface area contributed by atoms with Crippen LogP contribution in [0.4, 0.5) is 0 Å². The van der Waals surface area contributed by atoms with Gasteiger partial charge in [-0.15, -0.1) is 0 Å². The molecule has 3 atom stereocenters.